The predicted octanol–water partition coefficient (Wildman–Crippen LogP) is 4.37. The summed E-state index contributed by atoms with van der Waals surface area (Å²) in [7, 11) is 0. The van der Waals surface area contributed by atoms with E-state index < -0.39 is 5.97 Å². The quantitative estimate of drug-likeness (QED) is 0.689. The van der Waals surface area contributed by atoms with Gasteiger partial charge in [-0.2, -0.15) is 0 Å². The first-order valence-electron chi connectivity index (χ1n) is 9.87. The van der Waals surface area contributed by atoms with Crippen molar-refractivity contribution in [2.24, 2.45) is 10.8 Å². The maximum atomic E-state index is 10.7. The van der Waals surface area contributed by atoms with E-state index in [9.17, 15) is 4.79 Å². The molecule has 3 aliphatic rings. The maximum absolute atomic E-state index is 10.7. The third kappa shape index (κ3) is 2.43. The van der Waals surface area contributed by atoms with Crippen molar-refractivity contribution < 1.29 is 24.1 Å². The van der Waals surface area contributed by atoms with E-state index in [4.69, 9.17) is 19.3 Å². The van der Waals surface area contributed by atoms with Gasteiger partial charge < -0.3 is 19.3 Å². The van der Waals surface area contributed by atoms with Crippen LogP contribution in [-0.4, -0.2) is 30.9 Å². The molecule has 5 nitrogen and oxygen atoms in total. The highest BCUT2D eigenvalue weighted by atomic mass is 16.5. The van der Waals surface area contributed by atoms with E-state index in [0.717, 1.165) is 42.7 Å². The van der Waals surface area contributed by atoms with Gasteiger partial charge >= 0.3 is 5.97 Å². The fourth-order valence-electron chi connectivity index (χ4n) is 5.57. The number of carboxylic acid groups (broad SMARTS) is 1. The highest BCUT2D eigenvalue weighted by Gasteiger charge is 2.85. The molecule has 2 aromatic rings. The Morgan fingerprint density at radius 2 is 1.86 bits per heavy atom. The monoisotopic (exact) mass is 380 g/mol. The molecule has 3 atom stereocenters. The summed E-state index contributed by atoms with van der Waals surface area (Å²) in [6, 6.07) is 18.0. The summed E-state index contributed by atoms with van der Waals surface area (Å²) in [5, 5.41) is 8.76. The molecular formula is C23H24O5. The van der Waals surface area contributed by atoms with Gasteiger partial charge in [0.1, 0.15) is 23.7 Å². The summed E-state index contributed by atoms with van der Waals surface area (Å²) in [4.78, 5) is 10.7. The van der Waals surface area contributed by atoms with Gasteiger partial charge in [-0.15, -0.1) is 0 Å². The highest BCUT2D eigenvalue weighted by molar-refractivity contribution is 5.68. The average molecular weight is 380 g/mol. The molecular weight excluding hydrogens is 356 g/mol. The number of benzene rings is 2. The van der Waals surface area contributed by atoms with Gasteiger partial charge in [0.05, 0.1) is 6.61 Å². The van der Waals surface area contributed by atoms with E-state index in [1.807, 2.05) is 42.5 Å². The van der Waals surface area contributed by atoms with Crippen molar-refractivity contribution in [3.05, 3.63) is 60.2 Å². The van der Waals surface area contributed by atoms with Crippen molar-refractivity contribution in [1.82, 2.24) is 0 Å². The Bertz CT molecular complexity index is 893. The third-order valence-corrected chi connectivity index (χ3v) is 7.05. The molecule has 5 heteroatoms. The van der Waals surface area contributed by atoms with Gasteiger partial charge in [-0.1, -0.05) is 36.4 Å². The van der Waals surface area contributed by atoms with Gasteiger partial charge in [0, 0.05) is 23.0 Å². The first-order chi connectivity index (χ1) is 13.6. The zero-order valence-electron chi connectivity index (χ0n) is 15.7. The number of hydrogen-bond acceptors (Lipinski definition) is 4. The van der Waals surface area contributed by atoms with Gasteiger partial charge in [0.25, 0.3) is 0 Å². The van der Waals surface area contributed by atoms with E-state index in [-0.39, 0.29) is 23.0 Å². The number of para-hydroxylation sites is 2. The minimum absolute atomic E-state index is 0.115. The van der Waals surface area contributed by atoms with Gasteiger partial charge in [-0.05, 0) is 43.9 Å². The van der Waals surface area contributed by atoms with Crippen LogP contribution in [0.1, 0.15) is 31.2 Å². The molecule has 5 rings (SSSR count). The van der Waals surface area contributed by atoms with Crippen LogP contribution in [0.15, 0.2) is 54.6 Å². The Morgan fingerprint density at radius 1 is 1.07 bits per heavy atom. The third-order valence-electron chi connectivity index (χ3n) is 7.05. The number of hydrogen-bond donors (Lipinski definition) is 1. The molecule has 1 spiro atoms. The van der Waals surface area contributed by atoms with Crippen molar-refractivity contribution in [1.29, 1.82) is 0 Å². The molecule has 1 N–H and O–H groups in total. The normalized spacial score (nSPS) is 32.1. The van der Waals surface area contributed by atoms with Gasteiger partial charge in [-0.25, -0.2) is 4.79 Å². The number of rotatable bonds is 8. The van der Waals surface area contributed by atoms with Crippen LogP contribution in [0.5, 0.6) is 11.5 Å². The van der Waals surface area contributed by atoms with Gasteiger partial charge in [0.2, 0.25) is 0 Å². The Morgan fingerprint density at radius 3 is 2.61 bits per heavy atom. The zero-order chi connectivity index (χ0) is 19.2. The minimum atomic E-state index is -0.921. The Labute approximate surface area is 164 Å². The molecule has 146 valence electrons. The molecule has 1 saturated heterocycles. The molecule has 0 bridgehead atoms. The molecule has 1 heterocycles. The molecule has 0 radical (unpaired) electrons. The Hall–Kier alpha value is -2.37. The standard InChI is InChI=1S/C23H24O5/c24-20(25)14-26-13-12-21-15-22(21)10-11-23(22,27-16-21)18-8-4-5-9-19(18)28-17-6-2-1-3-7-17/h1-9H,10-16H2,(H,24,25). The largest absolute Gasteiger partial charge is 0.480 e. The van der Waals surface area contributed by atoms with Gasteiger partial charge in [0.15, 0.2) is 0 Å². The summed E-state index contributed by atoms with van der Waals surface area (Å²) in [5.41, 5.74) is 1.10. The number of carbonyl (C=O) groups is 1. The second-order valence-corrected chi connectivity index (χ2v) is 8.26. The smallest absolute Gasteiger partial charge is 0.329 e. The lowest BCUT2D eigenvalue weighted by Gasteiger charge is -2.48. The molecule has 2 aromatic carbocycles. The molecule has 2 aliphatic carbocycles. The van der Waals surface area contributed by atoms with E-state index in [2.05, 4.69) is 12.1 Å². The van der Waals surface area contributed by atoms with Crippen molar-refractivity contribution >= 4 is 5.97 Å². The minimum Gasteiger partial charge on any atom is -0.480 e. The summed E-state index contributed by atoms with van der Waals surface area (Å²) in [6.45, 7) is 0.946. The number of ether oxygens (including phenoxy) is 3. The summed E-state index contributed by atoms with van der Waals surface area (Å²) in [5.74, 6) is 0.759. The summed E-state index contributed by atoms with van der Waals surface area (Å²) in [6.07, 6.45) is 4.12. The van der Waals surface area contributed by atoms with Crippen LogP contribution in [0.4, 0.5) is 0 Å². The second-order valence-electron chi connectivity index (χ2n) is 8.26. The fourth-order valence-corrected chi connectivity index (χ4v) is 5.57. The van der Waals surface area contributed by atoms with Crippen LogP contribution in [0.25, 0.3) is 0 Å². The molecule has 0 amide bonds. The van der Waals surface area contributed by atoms with Crippen LogP contribution in [-0.2, 0) is 19.9 Å². The average Bonchev–Trinajstić information content (AvgIpc) is 3.34. The van der Waals surface area contributed by atoms with Crippen LogP contribution in [0.3, 0.4) is 0 Å². The predicted molar refractivity (Wildman–Crippen MR) is 102 cm³/mol. The number of aliphatic carboxylic acids is 1. The van der Waals surface area contributed by atoms with Crippen molar-refractivity contribution in [2.45, 2.75) is 31.3 Å². The molecule has 3 unspecified atom stereocenters. The number of carboxylic acids is 1. The fraction of sp³-hybridized carbons (Fsp3) is 0.435. The highest BCUT2D eigenvalue weighted by Crippen LogP contribution is 2.87. The van der Waals surface area contributed by atoms with Gasteiger partial charge in [-0.3, -0.25) is 0 Å². The van der Waals surface area contributed by atoms with E-state index in [1.54, 1.807) is 0 Å². The molecule has 28 heavy (non-hydrogen) atoms. The SMILES string of the molecule is O=C(O)COCCC12COC3(c4ccccc4Oc4ccccc4)CCC13C2. The van der Waals surface area contributed by atoms with E-state index in [0.29, 0.717) is 13.2 Å². The van der Waals surface area contributed by atoms with Crippen molar-refractivity contribution in [2.75, 3.05) is 19.8 Å². The topological polar surface area (TPSA) is 65.0 Å². The molecule has 1 aliphatic heterocycles. The zero-order valence-corrected chi connectivity index (χ0v) is 15.7. The lowest BCUT2D eigenvalue weighted by molar-refractivity contribution is -0.142. The Balaban J connectivity index is 1.38. The van der Waals surface area contributed by atoms with Crippen LogP contribution < -0.4 is 4.74 Å². The first kappa shape index (κ1) is 17.7. The molecule has 3 fully saturated rings. The maximum Gasteiger partial charge on any atom is 0.329 e. The first-order valence-corrected chi connectivity index (χ1v) is 9.87. The molecule has 2 saturated carbocycles. The van der Waals surface area contributed by atoms with Crippen LogP contribution in [0, 0.1) is 10.8 Å². The lowest BCUT2D eigenvalue weighted by Crippen LogP contribution is -2.46. The Kier molecular flexibility index (Phi) is 4.00. The molecule has 0 aromatic heterocycles. The van der Waals surface area contributed by atoms with Crippen LogP contribution in [0.2, 0.25) is 0 Å². The van der Waals surface area contributed by atoms with E-state index >= 15 is 0 Å². The van der Waals surface area contributed by atoms with Crippen LogP contribution >= 0.6 is 0 Å². The lowest BCUT2D eigenvalue weighted by atomic mass is 9.60. The summed E-state index contributed by atoms with van der Waals surface area (Å²) < 4.78 is 18.0. The van der Waals surface area contributed by atoms with E-state index in [1.165, 1.54) is 0 Å². The second kappa shape index (κ2) is 6.33. The van der Waals surface area contributed by atoms with Crippen molar-refractivity contribution in [3.63, 3.8) is 0 Å². The summed E-state index contributed by atoms with van der Waals surface area (Å²) >= 11 is 0. The van der Waals surface area contributed by atoms with Crippen molar-refractivity contribution in [3.8, 4) is 11.5 Å².